The molecule has 2 rings (SSSR count). The molecule has 1 nitrogen and oxygen atoms in total. The molecule has 0 aliphatic carbocycles. The second-order valence-electron chi connectivity index (χ2n) is 4.74. The van der Waals surface area contributed by atoms with Crippen LogP contribution in [0.2, 0.25) is 0 Å². The number of benzene rings is 2. The first-order valence-corrected chi connectivity index (χ1v) is 7.94. The summed E-state index contributed by atoms with van der Waals surface area (Å²) in [5, 5.41) is 3.56. The van der Waals surface area contributed by atoms with Gasteiger partial charge in [0.15, 0.2) is 0 Å². The molecule has 100 valence electrons. The molecule has 2 aromatic rings. The molecule has 0 saturated heterocycles. The number of hydrogen-bond donors (Lipinski definition) is 1. The third-order valence-corrected chi connectivity index (χ3v) is 4.02. The van der Waals surface area contributed by atoms with Crippen LogP contribution in [0.25, 0.3) is 0 Å². The minimum atomic E-state index is 0.458. The average molecular weight is 383 g/mol. The molecule has 0 radical (unpaired) electrons. The molecular weight excluding hydrogens is 366 g/mol. The van der Waals surface area contributed by atoms with Gasteiger partial charge in [-0.1, -0.05) is 56.1 Å². The van der Waals surface area contributed by atoms with E-state index in [0.717, 1.165) is 21.9 Å². The monoisotopic (exact) mass is 381 g/mol. The zero-order valence-electron chi connectivity index (χ0n) is 10.9. The van der Waals surface area contributed by atoms with E-state index in [1.54, 1.807) is 0 Å². The normalized spacial score (nSPS) is 12.4. The highest BCUT2D eigenvalue weighted by molar-refractivity contribution is 9.10. The van der Waals surface area contributed by atoms with Gasteiger partial charge >= 0.3 is 0 Å². The van der Waals surface area contributed by atoms with E-state index >= 15 is 0 Å². The van der Waals surface area contributed by atoms with Crippen LogP contribution in [-0.2, 0) is 13.0 Å². The number of nitrogens with one attached hydrogen (secondary N) is 1. The van der Waals surface area contributed by atoms with Gasteiger partial charge in [-0.15, -0.1) is 0 Å². The van der Waals surface area contributed by atoms with E-state index in [4.69, 9.17) is 0 Å². The Labute approximate surface area is 131 Å². The summed E-state index contributed by atoms with van der Waals surface area (Å²) >= 11 is 6.96. The fraction of sp³-hybridized carbons (Fsp3) is 0.250. The molecule has 0 aromatic heterocycles. The van der Waals surface area contributed by atoms with Crippen molar-refractivity contribution in [1.82, 2.24) is 5.32 Å². The van der Waals surface area contributed by atoms with Crippen LogP contribution in [0.15, 0.2) is 57.5 Å². The summed E-state index contributed by atoms with van der Waals surface area (Å²) in [6.45, 7) is 3.12. The van der Waals surface area contributed by atoms with Crippen LogP contribution >= 0.6 is 31.9 Å². The van der Waals surface area contributed by atoms with Crippen molar-refractivity contribution in [2.75, 3.05) is 0 Å². The lowest BCUT2D eigenvalue weighted by atomic mass is 10.1. The van der Waals surface area contributed by atoms with Gasteiger partial charge in [0.25, 0.3) is 0 Å². The Hall–Kier alpha value is -0.640. The van der Waals surface area contributed by atoms with E-state index in [-0.39, 0.29) is 0 Å². The number of halogens is 2. The van der Waals surface area contributed by atoms with E-state index in [0.29, 0.717) is 6.04 Å². The zero-order chi connectivity index (χ0) is 13.7. The van der Waals surface area contributed by atoms with Crippen molar-refractivity contribution in [1.29, 1.82) is 0 Å². The van der Waals surface area contributed by atoms with Gasteiger partial charge in [0.1, 0.15) is 0 Å². The van der Waals surface area contributed by atoms with Gasteiger partial charge in [-0.2, -0.15) is 0 Å². The second kappa shape index (κ2) is 7.22. The molecule has 0 aliphatic rings. The third-order valence-electron chi connectivity index (χ3n) is 3.00. The highest BCUT2D eigenvalue weighted by atomic mass is 79.9. The summed E-state index contributed by atoms with van der Waals surface area (Å²) in [4.78, 5) is 0. The van der Waals surface area contributed by atoms with E-state index in [1.807, 2.05) is 0 Å². The molecule has 0 spiro atoms. The topological polar surface area (TPSA) is 12.0 Å². The number of hydrogen-bond acceptors (Lipinski definition) is 1. The lowest BCUT2D eigenvalue weighted by Crippen LogP contribution is -2.27. The summed E-state index contributed by atoms with van der Waals surface area (Å²) in [5.74, 6) is 0. The van der Waals surface area contributed by atoms with E-state index in [9.17, 15) is 0 Å². The first kappa shape index (κ1) is 14.8. The van der Waals surface area contributed by atoms with Crippen LogP contribution in [0, 0.1) is 0 Å². The largest absolute Gasteiger partial charge is 0.310 e. The zero-order valence-corrected chi connectivity index (χ0v) is 14.0. The number of rotatable bonds is 5. The molecule has 1 unspecified atom stereocenters. The summed E-state index contributed by atoms with van der Waals surface area (Å²) in [6.07, 6.45) is 1.04. The fourth-order valence-electron chi connectivity index (χ4n) is 1.99. The standard InChI is InChI=1S/C16H17Br2N/c1-12(9-13-5-7-15(17)8-6-13)19-11-14-3-2-4-16(18)10-14/h2-8,10,12,19H,9,11H2,1H3. The Bertz CT molecular complexity index is 523. The Morgan fingerprint density at radius 1 is 0.947 bits per heavy atom. The van der Waals surface area contributed by atoms with Crippen LogP contribution < -0.4 is 5.32 Å². The summed E-state index contributed by atoms with van der Waals surface area (Å²) in [5.41, 5.74) is 2.66. The maximum atomic E-state index is 3.56. The molecule has 0 bridgehead atoms. The maximum Gasteiger partial charge on any atom is 0.0208 e. The van der Waals surface area contributed by atoms with Gasteiger partial charge in [-0.05, 0) is 48.7 Å². The predicted octanol–water partition coefficient (Wildman–Crippen LogP) is 4.93. The van der Waals surface area contributed by atoms with Crippen LogP contribution in [0.4, 0.5) is 0 Å². The quantitative estimate of drug-likeness (QED) is 0.772. The molecule has 0 amide bonds. The Kier molecular flexibility index (Phi) is 5.61. The first-order chi connectivity index (χ1) is 9.13. The molecule has 1 atom stereocenters. The van der Waals surface area contributed by atoms with Gasteiger partial charge in [-0.25, -0.2) is 0 Å². The summed E-state index contributed by atoms with van der Waals surface area (Å²) in [6, 6.07) is 17.4. The van der Waals surface area contributed by atoms with Crippen LogP contribution in [0.5, 0.6) is 0 Å². The summed E-state index contributed by atoms with van der Waals surface area (Å²) in [7, 11) is 0. The van der Waals surface area contributed by atoms with Crippen molar-refractivity contribution < 1.29 is 0 Å². The fourth-order valence-corrected chi connectivity index (χ4v) is 2.70. The van der Waals surface area contributed by atoms with Crippen molar-refractivity contribution in [3.05, 3.63) is 68.6 Å². The Balaban J connectivity index is 1.84. The molecule has 0 heterocycles. The molecule has 3 heteroatoms. The van der Waals surface area contributed by atoms with E-state index in [2.05, 4.69) is 92.6 Å². The molecule has 0 fully saturated rings. The molecule has 0 saturated carbocycles. The van der Waals surface area contributed by atoms with Crippen molar-refractivity contribution in [2.45, 2.75) is 25.9 Å². The Morgan fingerprint density at radius 3 is 2.37 bits per heavy atom. The second-order valence-corrected chi connectivity index (χ2v) is 6.57. The predicted molar refractivity (Wildman–Crippen MR) is 88.3 cm³/mol. The van der Waals surface area contributed by atoms with Crippen LogP contribution in [-0.4, -0.2) is 6.04 Å². The Morgan fingerprint density at radius 2 is 1.68 bits per heavy atom. The van der Waals surface area contributed by atoms with Crippen LogP contribution in [0.1, 0.15) is 18.1 Å². The average Bonchev–Trinajstić information content (AvgIpc) is 2.39. The highest BCUT2D eigenvalue weighted by Crippen LogP contribution is 2.13. The first-order valence-electron chi connectivity index (χ1n) is 6.36. The van der Waals surface area contributed by atoms with Gasteiger partial charge in [0.05, 0.1) is 0 Å². The maximum absolute atomic E-state index is 3.56. The SMILES string of the molecule is CC(Cc1ccc(Br)cc1)NCc1cccc(Br)c1. The molecule has 19 heavy (non-hydrogen) atoms. The minimum Gasteiger partial charge on any atom is -0.310 e. The molecular formula is C16H17Br2N. The minimum absolute atomic E-state index is 0.458. The van der Waals surface area contributed by atoms with Crippen molar-refractivity contribution in [3.8, 4) is 0 Å². The highest BCUT2D eigenvalue weighted by Gasteiger charge is 2.03. The molecule has 2 aromatic carbocycles. The molecule has 0 aliphatic heterocycles. The lowest BCUT2D eigenvalue weighted by molar-refractivity contribution is 0.545. The lowest BCUT2D eigenvalue weighted by Gasteiger charge is -2.14. The van der Waals surface area contributed by atoms with Gasteiger partial charge < -0.3 is 5.32 Å². The van der Waals surface area contributed by atoms with E-state index < -0.39 is 0 Å². The van der Waals surface area contributed by atoms with Crippen molar-refractivity contribution in [2.24, 2.45) is 0 Å². The summed E-state index contributed by atoms with van der Waals surface area (Å²) < 4.78 is 2.26. The van der Waals surface area contributed by atoms with Gasteiger partial charge in [-0.3, -0.25) is 0 Å². The smallest absolute Gasteiger partial charge is 0.0208 e. The third kappa shape index (κ3) is 5.09. The van der Waals surface area contributed by atoms with Gasteiger partial charge in [0.2, 0.25) is 0 Å². The van der Waals surface area contributed by atoms with Gasteiger partial charge in [0, 0.05) is 21.5 Å². The molecule has 1 N–H and O–H groups in total. The van der Waals surface area contributed by atoms with E-state index in [1.165, 1.54) is 11.1 Å². The van der Waals surface area contributed by atoms with Crippen molar-refractivity contribution in [3.63, 3.8) is 0 Å². The van der Waals surface area contributed by atoms with Crippen molar-refractivity contribution >= 4 is 31.9 Å². The van der Waals surface area contributed by atoms with Crippen LogP contribution in [0.3, 0.4) is 0 Å².